The van der Waals surface area contributed by atoms with Crippen molar-refractivity contribution < 1.29 is 38.1 Å². The minimum Gasteiger partial charge on any atom is -0.493 e. The maximum absolute atomic E-state index is 13.2. The molecule has 1 heterocycles. The molecule has 1 N–H and O–H groups in total. The number of halogens is 1. The van der Waals surface area contributed by atoms with Crippen LogP contribution in [0.5, 0.6) is 17.2 Å². The van der Waals surface area contributed by atoms with Crippen molar-refractivity contribution >= 4 is 29.4 Å². The van der Waals surface area contributed by atoms with E-state index in [0.717, 1.165) is 0 Å². The van der Waals surface area contributed by atoms with Crippen LogP contribution in [0.1, 0.15) is 52.0 Å². The Bertz CT molecular complexity index is 1110. The summed E-state index contributed by atoms with van der Waals surface area (Å²) in [5.74, 6) is -1.48. The summed E-state index contributed by atoms with van der Waals surface area (Å²) in [5.41, 5.74) is -0.146. The third kappa shape index (κ3) is 8.79. The lowest BCUT2D eigenvalue weighted by atomic mass is 10.0. The Morgan fingerprint density at radius 2 is 1.76 bits per heavy atom. The summed E-state index contributed by atoms with van der Waals surface area (Å²) in [7, 11) is 1.39. The van der Waals surface area contributed by atoms with Crippen molar-refractivity contribution in [1.29, 1.82) is 0 Å². The largest absolute Gasteiger partial charge is 0.493 e. The monoisotopic (exact) mass is 550 g/mol. The number of esters is 2. The molecule has 0 aliphatic rings. The molecule has 11 heteroatoms. The summed E-state index contributed by atoms with van der Waals surface area (Å²) < 4.78 is 27.3. The van der Waals surface area contributed by atoms with Gasteiger partial charge in [-0.15, -0.1) is 0 Å². The lowest BCUT2D eigenvalue weighted by molar-refractivity contribution is -0.157. The Balaban J connectivity index is 2.19. The highest BCUT2D eigenvalue weighted by molar-refractivity contribution is 6.30. The number of rotatable bonds is 13. The minimum atomic E-state index is -1.00. The van der Waals surface area contributed by atoms with E-state index in [-0.39, 0.29) is 29.0 Å². The molecule has 0 fully saturated rings. The van der Waals surface area contributed by atoms with E-state index < -0.39 is 42.9 Å². The van der Waals surface area contributed by atoms with Crippen LogP contribution in [-0.2, 0) is 19.1 Å². The van der Waals surface area contributed by atoms with Crippen LogP contribution in [0.4, 0.5) is 0 Å². The van der Waals surface area contributed by atoms with Crippen LogP contribution in [0, 0.1) is 11.8 Å². The minimum absolute atomic E-state index is 0.00165. The third-order valence-corrected chi connectivity index (χ3v) is 5.70. The van der Waals surface area contributed by atoms with Gasteiger partial charge in [0.1, 0.15) is 24.0 Å². The molecule has 1 amide bonds. The Labute approximate surface area is 227 Å². The summed E-state index contributed by atoms with van der Waals surface area (Å²) in [6.07, 6.45) is 0.247. The average molecular weight is 551 g/mol. The molecule has 10 nitrogen and oxygen atoms in total. The molecule has 0 unspecified atom stereocenters. The molecular formula is C27H35ClN2O8. The molecule has 208 valence electrons. The van der Waals surface area contributed by atoms with Gasteiger partial charge >= 0.3 is 11.9 Å². The lowest BCUT2D eigenvalue weighted by Gasteiger charge is -2.30. The second-order valence-electron chi connectivity index (χ2n) is 9.21. The van der Waals surface area contributed by atoms with E-state index in [1.165, 1.54) is 26.3 Å². The van der Waals surface area contributed by atoms with E-state index in [2.05, 4.69) is 10.3 Å². The number of aromatic nitrogens is 1. The van der Waals surface area contributed by atoms with E-state index in [9.17, 15) is 14.4 Å². The average Bonchev–Trinajstić information content (AvgIpc) is 2.84. The molecule has 0 spiro atoms. The van der Waals surface area contributed by atoms with Gasteiger partial charge in [-0.05, 0) is 37.0 Å². The number of nitrogens with one attached hydrogen (secondary N) is 1. The maximum Gasteiger partial charge on any atom is 0.329 e. The Kier molecular flexibility index (Phi) is 11.6. The summed E-state index contributed by atoms with van der Waals surface area (Å²) in [4.78, 5) is 41.6. The van der Waals surface area contributed by atoms with Crippen molar-refractivity contribution in [3.8, 4) is 17.2 Å². The predicted octanol–water partition coefficient (Wildman–Crippen LogP) is 4.43. The molecule has 2 aromatic rings. The first-order valence-electron chi connectivity index (χ1n) is 12.2. The molecule has 2 rings (SSSR count). The maximum atomic E-state index is 13.2. The lowest BCUT2D eigenvalue weighted by Crippen LogP contribution is -2.48. The van der Waals surface area contributed by atoms with Gasteiger partial charge in [0, 0.05) is 24.2 Å². The number of pyridine rings is 1. The fourth-order valence-electron chi connectivity index (χ4n) is 3.57. The van der Waals surface area contributed by atoms with Crippen molar-refractivity contribution in [2.24, 2.45) is 11.8 Å². The fraction of sp³-hybridized carbons (Fsp3) is 0.481. The topological polar surface area (TPSA) is 122 Å². The van der Waals surface area contributed by atoms with Gasteiger partial charge in [-0.25, -0.2) is 9.78 Å². The smallest absolute Gasteiger partial charge is 0.329 e. The van der Waals surface area contributed by atoms with Crippen LogP contribution < -0.4 is 19.5 Å². The zero-order chi connectivity index (χ0) is 28.4. The molecule has 1 aromatic carbocycles. The van der Waals surface area contributed by atoms with Gasteiger partial charge in [-0.1, -0.05) is 45.4 Å². The molecule has 0 radical (unpaired) electrons. The Hall–Kier alpha value is -3.53. The number of ether oxygens (including phenoxy) is 5. The number of carbonyl (C=O) groups is 3. The standard InChI is InChI=1S/C27H35ClN2O8/c1-15(2)22(27(33)37-17(5)24(16(3)4)38-20-10-8-9-19(28)13-20)30-26(32)23-25(36-14-35-18(6)31)21(34-7)11-12-29-23/h8-13,15-17,22,24H,14H2,1-7H3,(H,30,32)/t17-,22-,24+/m0/s1. The zero-order valence-electron chi connectivity index (χ0n) is 22.6. The SMILES string of the molecule is COc1ccnc(C(=O)N[C@H](C(=O)O[C@@H](C)[C@H](Oc2cccc(Cl)c2)C(C)C)C(C)C)c1OCOC(C)=O. The summed E-state index contributed by atoms with van der Waals surface area (Å²) in [5, 5.41) is 3.20. The van der Waals surface area contributed by atoms with Crippen LogP contribution in [-0.4, -0.2) is 55.0 Å². The highest BCUT2D eigenvalue weighted by atomic mass is 35.5. The highest BCUT2D eigenvalue weighted by Gasteiger charge is 2.33. The number of hydrogen-bond acceptors (Lipinski definition) is 9. The van der Waals surface area contributed by atoms with Crippen molar-refractivity contribution in [2.75, 3.05) is 13.9 Å². The number of nitrogens with zero attached hydrogens (tertiary/aromatic N) is 1. The number of hydrogen-bond donors (Lipinski definition) is 1. The molecule has 3 atom stereocenters. The second-order valence-corrected chi connectivity index (χ2v) is 9.65. The summed E-state index contributed by atoms with van der Waals surface area (Å²) in [6, 6.07) is 7.45. The first kappa shape index (κ1) is 30.7. The molecule has 0 saturated carbocycles. The highest BCUT2D eigenvalue weighted by Crippen LogP contribution is 2.30. The van der Waals surface area contributed by atoms with Crippen LogP contribution in [0.15, 0.2) is 36.5 Å². The van der Waals surface area contributed by atoms with Crippen molar-refractivity contribution in [2.45, 2.75) is 59.8 Å². The predicted molar refractivity (Wildman–Crippen MR) is 140 cm³/mol. The van der Waals surface area contributed by atoms with Crippen molar-refractivity contribution in [1.82, 2.24) is 10.3 Å². The van der Waals surface area contributed by atoms with Gasteiger partial charge in [0.2, 0.25) is 6.79 Å². The number of methoxy groups -OCH3 is 1. The first-order chi connectivity index (χ1) is 17.9. The Morgan fingerprint density at radius 3 is 2.34 bits per heavy atom. The van der Waals surface area contributed by atoms with Gasteiger partial charge in [0.15, 0.2) is 17.2 Å². The van der Waals surface area contributed by atoms with Crippen LogP contribution in [0.25, 0.3) is 0 Å². The number of benzene rings is 1. The zero-order valence-corrected chi connectivity index (χ0v) is 23.4. The van der Waals surface area contributed by atoms with Crippen LogP contribution >= 0.6 is 11.6 Å². The van der Waals surface area contributed by atoms with Crippen molar-refractivity contribution in [3.05, 3.63) is 47.2 Å². The van der Waals surface area contributed by atoms with Crippen LogP contribution in [0.2, 0.25) is 5.02 Å². The Morgan fingerprint density at radius 1 is 1.05 bits per heavy atom. The van der Waals surface area contributed by atoms with Gasteiger partial charge in [-0.2, -0.15) is 0 Å². The number of amides is 1. The van der Waals surface area contributed by atoms with E-state index in [1.54, 1.807) is 45.0 Å². The molecule has 0 bridgehead atoms. The van der Waals surface area contributed by atoms with Crippen molar-refractivity contribution in [3.63, 3.8) is 0 Å². The third-order valence-electron chi connectivity index (χ3n) is 5.47. The van der Waals surface area contributed by atoms with E-state index >= 15 is 0 Å². The molecule has 38 heavy (non-hydrogen) atoms. The quantitative estimate of drug-likeness (QED) is 0.285. The molecule has 0 saturated heterocycles. The molecular weight excluding hydrogens is 516 g/mol. The van der Waals surface area contributed by atoms with E-state index in [0.29, 0.717) is 10.8 Å². The fourth-order valence-corrected chi connectivity index (χ4v) is 3.75. The normalized spacial score (nSPS) is 13.3. The molecule has 0 aliphatic carbocycles. The molecule has 0 aliphatic heterocycles. The van der Waals surface area contributed by atoms with Gasteiger partial charge in [-0.3, -0.25) is 9.59 Å². The van der Waals surface area contributed by atoms with Gasteiger partial charge in [0.05, 0.1) is 7.11 Å². The molecule has 1 aromatic heterocycles. The van der Waals surface area contributed by atoms with Gasteiger partial charge < -0.3 is 29.0 Å². The summed E-state index contributed by atoms with van der Waals surface area (Å²) >= 11 is 6.07. The van der Waals surface area contributed by atoms with E-state index in [1.807, 2.05) is 13.8 Å². The summed E-state index contributed by atoms with van der Waals surface area (Å²) in [6.45, 7) is 9.96. The first-order valence-corrected chi connectivity index (χ1v) is 12.5. The number of carbonyl (C=O) groups excluding carboxylic acids is 3. The van der Waals surface area contributed by atoms with E-state index in [4.69, 9.17) is 35.3 Å². The van der Waals surface area contributed by atoms with Crippen LogP contribution in [0.3, 0.4) is 0 Å². The second kappa shape index (κ2) is 14.4. The van der Waals surface area contributed by atoms with Gasteiger partial charge in [0.25, 0.3) is 5.91 Å².